The van der Waals surface area contributed by atoms with Gasteiger partial charge in [-0.25, -0.2) is 4.98 Å². The number of hydrazone groups is 1. The van der Waals surface area contributed by atoms with Crippen molar-refractivity contribution >= 4 is 35.4 Å². The largest absolute Gasteiger partial charge is 0.417 e. The molecule has 0 saturated heterocycles. The number of rotatable bonds is 5. The van der Waals surface area contributed by atoms with Crippen LogP contribution in [0.5, 0.6) is 0 Å². The molecule has 0 amide bonds. The number of pyridine rings is 1. The van der Waals surface area contributed by atoms with Crippen LogP contribution in [0.25, 0.3) is 6.08 Å². The Kier molecular flexibility index (Phi) is 5.71. The van der Waals surface area contributed by atoms with E-state index in [1.54, 1.807) is 18.2 Å². The first-order chi connectivity index (χ1) is 11.8. The molecule has 0 aliphatic rings. The van der Waals surface area contributed by atoms with Crippen LogP contribution >= 0.6 is 11.6 Å². The molecule has 1 N–H and O–H groups in total. The van der Waals surface area contributed by atoms with Crippen molar-refractivity contribution in [3.63, 3.8) is 0 Å². The van der Waals surface area contributed by atoms with Gasteiger partial charge in [-0.3, -0.25) is 15.5 Å². The number of alkyl halides is 3. The Hall–Kier alpha value is -2.94. The summed E-state index contributed by atoms with van der Waals surface area (Å²) < 4.78 is 37.5. The fourth-order valence-corrected chi connectivity index (χ4v) is 1.97. The first-order valence-electron chi connectivity index (χ1n) is 6.71. The second-order valence-corrected chi connectivity index (χ2v) is 5.02. The minimum atomic E-state index is -4.54. The van der Waals surface area contributed by atoms with Crippen LogP contribution in [0.1, 0.15) is 11.1 Å². The van der Waals surface area contributed by atoms with Crippen molar-refractivity contribution in [2.75, 3.05) is 5.43 Å². The van der Waals surface area contributed by atoms with Crippen molar-refractivity contribution in [2.24, 2.45) is 5.10 Å². The Morgan fingerprint density at radius 1 is 1.32 bits per heavy atom. The monoisotopic (exact) mass is 370 g/mol. The number of hydrogen-bond acceptors (Lipinski definition) is 5. The Morgan fingerprint density at radius 3 is 2.68 bits per heavy atom. The van der Waals surface area contributed by atoms with E-state index in [9.17, 15) is 23.3 Å². The molecule has 1 aromatic carbocycles. The van der Waals surface area contributed by atoms with Gasteiger partial charge in [0.2, 0.25) is 0 Å². The topological polar surface area (TPSA) is 80.4 Å². The Labute approximate surface area is 144 Å². The minimum Gasteiger partial charge on any atom is -0.260 e. The van der Waals surface area contributed by atoms with Crippen LogP contribution in [0.4, 0.5) is 24.7 Å². The number of para-hydroxylation sites is 1. The van der Waals surface area contributed by atoms with Crippen LogP contribution in [0.3, 0.4) is 0 Å². The molecular weight excluding hydrogens is 361 g/mol. The lowest BCUT2D eigenvalue weighted by Crippen LogP contribution is -2.06. The quantitative estimate of drug-likeness (QED) is 0.467. The van der Waals surface area contributed by atoms with Crippen LogP contribution in [0, 0.1) is 10.1 Å². The molecule has 0 spiro atoms. The molecule has 0 radical (unpaired) electrons. The number of hydrogen-bond donors (Lipinski definition) is 1. The molecule has 2 aromatic rings. The van der Waals surface area contributed by atoms with E-state index < -0.39 is 16.7 Å². The van der Waals surface area contributed by atoms with E-state index in [2.05, 4.69) is 15.5 Å². The van der Waals surface area contributed by atoms with Crippen LogP contribution in [0.2, 0.25) is 5.02 Å². The van der Waals surface area contributed by atoms with E-state index in [1.165, 1.54) is 24.4 Å². The van der Waals surface area contributed by atoms with Crippen molar-refractivity contribution in [1.29, 1.82) is 0 Å². The normalized spacial score (nSPS) is 12.0. The zero-order chi connectivity index (χ0) is 18.4. The fraction of sp³-hybridized carbons (Fsp3) is 0.0667. The molecule has 2 rings (SSSR count). The molecule has 0 unspecified atom stereocenters. The van der Waals surface area contributed by atoms with E-state index in [0.717, 1.165) is 6.07 Å². The highest BCUT2D eigenvalue weighted by molar-refractivity contribution is 6.32. The van der Waals surface area contributed by atoms with Gasteiger partial charge in [0, 0.05) is 18.5 Å². The van der Waals surface area contributed by atoms with Crippen LogP contribution in [0.15, 0.2) is 47.7 Å². The number of nitrogens with zero attached hydrogens (tertiary/aromatic N) is 3. The second-order valence-electron chi connectivity index (χ2n) is 4.62. The lowest BCUT2D eigenvalue weighted by Gasteiger charge is -2.08. The van der Waals surface area contributed by atoms with Crippen LogP contribution in [-0.2, 0) is 6.18 Å². The number of aromatic nitrogens is 1. The van der Waals surface area contributed by atoms with E-state index >= 15 is 0 Å². The molecule has 0 aliphatic carbocycles. The standard InChI is InChI=1S/C15H10ClF3N4O2/c16-12-8-11(15(17,18)19)9-20-14(12)22-21-7-3-5-10-4-1-2-6-13(10)23(24)25/h1-9H,(H,20,22)/b5-3+,21-7+. The van der Waals surface area contributed by atoms with E-state index in [-0.39, 0.29) is 16.5 Å². The third-order valence-corrected chi connectivity index (χ3v) is 3.20. The summed E-state index contributed by atoms with van der Waals surface area (Å²) >= 11 is 5.71. The molecule has 130 valence electrons. The molecule has 10 heteroatoms. The summed E-state index contributed by atoms with van der Waals surface area (Å²) in [5.41, 5.74) is 1.74. The van der Waals surface area contributed by atoms with Gasteiger partial charge in [-0.15, -0.1) is 0 Å². The van der Waals surface area contributed by atoms with Gasteiger partial charge in [-0.1, -0.05) is 23.7 Å². The molecule has 0 atom stereocenters. The third-order valence-electron chi connectivity index (χ3n) is 2.91. The Balaban J connectivity index is 2.04. The highest BCUT2D eigenvalue weighted by Crippen LogP contribution is 2.32. The van der Waals surface area contributed by atoms with Gasteiger partial charge in [0.25, 0.3) is 5.69 Å². The van der Waals surface area contributed by atoms with E-state index in [0.29, 0.717) is 11.8 Å². The molecule has 0 saturated carbocycles. The number of nitro benzene ring substituents is 1. The lowest BCUT2D eigenvalue weighted by molar-refractivity contribution is -0.385. The number of halogens is 4. The Morgan fingerprint density at radius 2 is 2.04 bits per heavy atom. The summed E-state index contributed by atoms with van der Waals surface area (Å²) in [7, 11) is 0. The number of nitro groups is 1. The van der Waals surface area contributed by atoms with Crippen molar-refractivity contribution < 1.29 is 18.1 Å². The predicted molar refractivity (Wildman–Crippen MR) is 88.5 cm³/mol. The maximum Gasteiger partial charge on any atom is 0.417 e. The number of allylic oxidation sites excluding steroid dienone is 1. The van der Waals surface area contributed by atoms with Crippen molar-refractivity contribution in [3.05, 3.63) is 68.9 Å². The SMILES string of the molecule is O=[N+]([O-])c1ccccc1/C=C/C=N/Nc1ncc(C(F)(F)F)cc1Cl. The first kappa shape index (κ1) is 18.4. The van der Waals surface area contributed by atoms with E-state index in [1.807, 2.05) is 0 Å². The molecular formula is C15H10ClF3N4O2. The highest BCUT2D eigenvalue weighted by atomic mass is 35.5. The predicted octanol–water partition coefficient (Wildman–Crippen LogP) is 4.77. The van der Waals surface area contributed by atoms with Gasteiger partial charge in [0.1, 0.15) is 0 Å². The lowest BCUT2D eigenvalue weighted by atomic mass is 10.2. The molecule has 1 aromatic heterocycles. The summed E-state index contributed by atoms with van der Waals surface area (Å²) in [6.07, 6.45) is 0.239. The van der Waals surface area contributed by atoms with Crippen molar-refractivity contribution in [1.82, 2.24) is 4.98 Å². The van der Waals surface area contributed by atoms with Gasteiger partial charge in [-0.2, -0.15) is 18.3 Å². The number of benzene rings is 1. The van der Waals surface area contributed by atoms with E-state index in [4.69, 9.17) is 11.6 Å². The molecule has 0 aliphatic heterocycles. The first-order valence-corrected chi connectivity index (χ1v) is 7.08. The molecule has 25 heavy (non-hydrogen) atoms. The molecule has 6 nitrogen and oxygen atoms in total. The maximum atomic E-state index is 12.5. The van der Waals surface area contributed by atoms with Gasteiger partial charge in [0.15, 0.2) is 5.82 Å². The highest BCUT2D eigenvalue weighted by Gasteiger charge is 2.31. The van der Waals surface area contributed by atoms with Crippen molar-refractivity contribution in [3.8, 4) is 0 Å². The molecule has 1 heterocycles. The van der Waals surface area contributed by atoms with Crippen molar-refractivity contribution in [2.45, 2.75) is 6.18 Å². The summed E-state index contributed by atoms with van der Waals surface area (Å²) in [6, 6.07) is 6.85. The molecule has 0 bridgehead atoms. The molecule has 0 fully saturated rings. The summed E-state index contributed by atoms with van der Waals surface area (Å²) in [6.45, 7) is 0. The fourth-order valence-electron chi connectivity index (χ4n) is 1.76. The summed E-state index contributed by atoms with van der Waals surface area (Å²) in [5.74, 6) is -0.0509. The van der Waals surface area contributed by atoms with Gasteiger partial charge < -0.3 is 0 Å². The Bertz CT molecular complexity index is 838. The van der Waals surface area contributed by atoms with Gasteiger partial charge in [-0.05, 0) is 24.3 Å². The maximum absolute atomic E-state index is 12.5. The number of anilines is 1. The summed E-state index contributed by atoms with van der Waals surface area (Å²) in [5, 5.41) is 14.3. The smallest absolute Gasteiger partial charge is 0.260 e. The second kappa shape index (κ2) is 7.75. The zero-order valence-corrected chi connectivity index (χ0v) is 13.1. The minimum absolute atomic E-state index is 0.0509. The van der Waals surface area contributed by atoms with Crippen LogP contribution in [-0.4, -0.2) is 16.1 Å². The van der Waals surface area contributed by atoms with Gasteiger partial charge >= 0.3 is 6.18 Å². The zero-order valence-electron chi connectivity index (χ0n) is 12.4. The average Bonchev–Trinajstić information content (AvgIpc) is 2.55. The third kappa shape index (κ3) is 5.01. The van der Waals surface area contributed by atoms with Gasteiger partial charge in [0.05, 0.1) is 21.1 Å². The summed E-state index contributed by atoms with van der Waals surface area (Å²) in [4.78, 5) is 13.9. The average molecular weight is 371 g/mol. The number of nitrogens with one attached hydrogen (secondary N) is 1. The van der Waals surface area contributed by atoms with Crippen LogP contribution < -0.4 is 5.43 Å².